The first-order valence-corrected chi connectivity index (χ1v) is 12.2. The number of hydrogen-bond acceptors (Lipinski definition) is 6. The van der Waals surface area contributed by atoms with Crippen LogP contribution in [0.1, 0.15) is 11.1 Å². The molecule has 0 aliphatic carbocycles. The van der Waals surface area contributed by atoms with E-state index in [0.29, 0.717) is 49.0 Å². The molecule has 1 saturated heterocycles. The van der Waals surface area contributed by atoms with E-state index in [9.17, 15) is 13.2 Å². The van der Waals surface area contributed by atoms with Gasteiger partial charge in [-0.15, -0.1) is 0 Å². The van der Waals surface area contributed by atoms with Crippen molar-refractivity contribution >= 4 is 27.3 Å². The van der Waals surface area contributed by atoms with Crippen LogP contribution >= 0.6 is 0 Å². The number of rotatable bonds is 8. The van der Waals surface area contributed by atoms with E-state index in [0.717, 1.165) is 5.56 Å². The molecular weight excluding hydrogens is 456 g/mol. The molecule has 0 bridgehead atoms. The molecule has 1 aliphatic heterocycles. The summed E-state index contributed by atoms with van der Waals surface area (Å²) in [5.41, 5.74) is 2.36. The van der Waals surface area contributed by atoms with Gasteiger partial charge in [-0.2, -0.15) is 4.31 Å². The Balaban J connectivity index is 1.45. The van der Waals surface area contributed by atoms with E-state index in [1.807, 2.05) is 12.1 Å². The zero-order valence-corrected chi connectivity index (χ0v) is 19.6. The second-order valence-corrected chi connectivity index (χ2v) is 9.65. The Morgan fingerprint density at radius 2 is 1.97 bits per heavy atom. The molecule has 10 heteroatoms. The molecule has 9 nitrogen and oxygen atoms in total. The molecule has 1 fully saturated rings. The van der Waals surface area contributed by atoms with Crippen LogP contribution in [0.15, 0.2) is 72.7 Å². The number of aryl methyl sites for hydroxylation is 1. The van der Waals surface area contributed by atoms with E-state index >= 15 is 0 Å². The lowest BCUT2D eigenvalue weighted by molar-refractivity contribution is -0.118. The predicted octanol–water partition coefficient (Wildman–Crippen LogP) is 2.75. The molecule has 2 heterocycles. The van der Waals surface area contributed by atoms with Crippen molar-refractivity contribution in [3.63, 3.8) is 0 Å². The molecule has 0 radical (unpaired) electrons. The van der Waals surface area contributed by atoms with Crippen LogP contribution < -0.4 is 10.1 Å². The summed E-state index contributed by atoms with van der Waals surface area (Å²) in [6.45, 7) is 6.87. The van der Waals surface area contributed by atoms with E-state index in [1.165, 1.54) is 10.4 Å². The third kappa shape index (κ3) is 5.19. The van der Waals surface area contributed by atoms with Gasteiger partial charge >= 0.3 is 0 Å². The number of carbonyl (C=O) groups is 1. The van der Waals surface area contributed by atoms with Gasteiger partial charge in [0.15, 0.2) is 6.61 Å². The molecule has 178 valence electrons. The number of amides is 1. The number of para-hydroxylation sites is 1. The number of sulfonamides is 1. The first kappa shape index (κ1) is 23.7. The summed E-state index contributed by atoms with van der Waals surface area (Å²) in [5.74, 6) is 0.0810. The second kappa shape index (κ2) is 10.2. The number of morpholine rings is 1. The van der Waals surface area contributed by atoms with Crippen molar-refractivity contribution in [3.05, 3.63) is 78.9 Å². The fraction of sp³-hybridized carbons (Fsp3) is 0.250. The Morgan fingerprint density at radius 3 is 2.71 bits per heavy atom. The van der Waals surface area contributed by atoms with Gasteiger partial charge in [0.05, 0.1) is 30.1 Å². The zero-order chi connectivity index (χ0) is 24.1. The van der Waals surface area contributed by atoms with Crippen molar-refractivity contribution in [2.75, 3.05) is 38.2 Å². The molecule has 1 amide bonds. The maximum absolute atomic E-state index is 13.1. The maximum Gasteiger partial charge on any atom is 0.262 e. The van der Waals surface area contributed by atoms with E-state index < -0.39 is 15.9 Å². The summed E-state index contributed by atoms with van der Waals surface area (Å²) in [6.07, 6.45) is 5.05. The number of carbonyl (C=O) groups excluding carboxylic acids is 1. The number of benzene rings is 2. The van der Waals surface area contributed by atoms with Gasteiger partial charge in [-0.25, -0.2) is 13.4 Å². The molecule has 2 aromatic carbocycles. The molecule has 1 N–H and O–H groups in total. The fourth-order valence-corrected chi connectivity index (χ4v) is 5.27. The highest BCUT2D eigenvalue weighted by atomic mass is 32.2. The molecule has 3 aromatic rings. The predicted molar refractivity (Wildman–Crippen MR) is 128 cm³/mol. The van der Waals surface area contributed by atoms with Crippen LogP contribution in [-0.4, -0.2) is 61.1 Å². The number of aromatic nitrogens is 2. The van der Waals surface area contributed by atoms with Gasteiger partial charge in [-0.1, -0.05) is 24.8 Å². The normalized spacial score (nSPS) is 14.5. The standard InChI is InChI=1S/C24H26N4O5S/c1-18-7-8-20(15-23(18)34(30,31)28-11-13-32-14-12-28)26-24(29)16-33-22-6-4-3-5-21(22)19(2)27-10-9-25-17-27/h3-10,15,17H,2,11-14,16H2,1H3,(H,26,29). The molecule has 1 aliphatic rings. The smallest absolute Gasteiger partial charge is 0.262 e. The highest BCUT2D eigenvalue weighted by molar-refractivity contribution is 7.89. The lowest BCUT2D eigenvalue weighted by atomic mass is 10.1. The lowest BCUT2D eigenvalue weighted by Gasteiger charge is -2.26. The van der Waals surface area contributed by atoms with Crippen LogP contribution in [0.4, 0.5) is 5.69 Å². The van der Waals surface area contributed by atoms with E-state index in [1.54, 1.807) is 54.5 Å². The first-order chi connectivity index (χ1) is 16.4. The Bertz CT molecular complexity index is 1280. The lowest BCUT2D eigenvalue weighted by Crippen LogP contribution is -2.40. The van der Waals surface area contributed by atoms with E-state index in [4.69, 9.17) is 9.47 Å². The van der Waals surface area contributed by atoms with Crippen LogP contribution in [0.25, 0.3) is 5.70 Å². The molecular formula is C24H26N4O5S. The topological polar surface area (TPSA) is 103 Å². The fourth-order valence-electron chi connectivity index (χ4n) is 3.61. The second-order valence-electron chi connectivity index (χ2n) is 7.75. The third-order valence-corrected chi connectivity index (χ3v) is 7.47. The Labute approximate surface area is 198 Å². The summed E-state index contributed by atoms with van der Waals surface area (Å²) in [5, 5.41) is 2.72. The van der Waals surface area contributed by atoms with Crippen molar-refractivity contribution < 1.29 is 22.7 Å². The van der Waals surface area contributed by atoms with Gasteiger partial charge in [0.1, 0.15) is 5.75 Å². The average molecular weight is 483 g/mol. The third-order valence-electron chi connectivity index (χ3n) is 5.43. The van der Waals surface area contributed by atoms with Crippen LogP contribution in [0, 0.1) is 6.92 Å². The van der Waals surface area contributed by atoms with Gasteiger partial charge in [-0.05, 0) is 36.8 Å². The van der Waals surface area contributed by atoms with Gasteiger partial charge in [0, 0.05) is 36.7 Å². The monoisotopic (exact) mass is 482 g/mol. The van der Waals surface area contributed by atoms with Gasteiger partial charge in [0.2, 0.25) is 10.0 Å². The SMILES string of the molecule is C=C(c1ccccc1OCC(=O)Nc1ccc(C)c(S(=O)(=O)N2CCOCC2)c1)n1ccnc1. The van der Waals surface area contributed by atoms with Crippen LogP contribution in [0.5, 0.6) is 5.75 Å². The summed E-state index contributed by atoms with van der Waals surface area (Å²) in [7, 11) is -3.69. The first-order valence-electron chi connectivity index (χ1n) is 10.7. The van der Waals surface area contributed by atoms with Gasteiger partial charge in [0.25, 0.3) is 5.91 Å². The molecule has 0 unspecified atom stereocenters. The van der Waals surface area contributed by atoms with Crippen molar-refractivity contribution in [1.29, 1.82) is 0 Å². The maximum atomic E-state index is 13.1. The van der Waals surface area contributed by atoms with Gasteiger partial charge in [-0.3, -0.25) is 4.79 Å². The van der Waals surface area contributed by atoms with Crippen molar-refractivity contribution in [1.82, 2.24) is 13.9 Å². The summed E-state index contributed by atoms with van der Waals surface area (Å²) in [6, 6.07) is 12.1. The number of hydrogen-bond donors (Lipinski definition) is 1. The minimum atomic E-state index is -3.69. The minimum Gasteiger partial charge on any atom is -0.483 e. The van der Waals surface area contributed by atoms with E-state index in [-0.39, 0.29) is 11.5 Å². The summed E-state index contributed by atoms with van der Waals surface area (Å²) < 4.78 is 40.3. The molecule has 1 aromatic heterocycles. The van der Waals surface area contributed by atoms with Crippen LogP contribution in [0.3, 0.4) is 0 Å². The van der Waals surface area contributed by atoms with Crippen molar-refractivity contribution in [3.8, 4) is 5.75 Å². The van der Waals surface area contributed by atoms with Crippen LogP contribution in [-0.2, 0) is 19.6 Å². The molecule has 0 atom stereocenters. The van der Waals surface area contributed by atoms with Gasteiger partial charge < -0.3 is 19.4 Å². The largest absolute Gasteiger partial charge is 0.483 e. The highest BCUT2D eigenvalue weighted by Crippen LogP contribution is 2.27. The molecule has 0 spiro atoms. The Kier molecular flexibility index (Phi) is 7.11. The Morgan fingerprint density at radius 1 is 1.21 bits per heavy atom. The number of nitrogens with zero attached hydrogens (tertiary/aromatic N) is 3. The van der Waals surface area contributed by atoms with Crippen molar-refractivity contribution in [2.24, 2.45) is 0 Å². The molecule has 34 heavy (non-hydrogen) atoms. The summed E-state index contributed by atoms with van der Waals surface area (Å²) >= 11 is 0. The number of ether oxygens (including phenoxy) is 2. The number of nitrogens with one attached hydrogen (secondary N) is 1. The molecule has 0 saturated carbocycles. The highest BCUT2D eigenvalue weighted by Gasteiger charge is 2.28. The number of anilines is 1. The van der Waals surface area contributed by atoms with E-state index in [2.05, 4.69) is 16.9 Å². The minimum absolute atomic E-state index is 0.162. The zero-order valence-electron chi connectivity index (χ0n) is 18.8. The quantitative estimate of drug-likeness (QED) is 0.530. The molecule has 4 rings (SSSR count). The average Bonchev–Trinajstić information content (AvgIpc) is 3.39. The van der Waals surface area contributed by atoms with Crippen LogP contribution in [0.2, 0.25) is 0 Å². The van der Waals surface area contributed by atoms with Crippen molar-refractivity contribution in [2.45, 2.75) is 11.8 Å². The Hall–Kier alpha value is -3.47. The number of imidazole rings is 1. The summed E-state index contributed by atoms with van der Waals surface area (Å²) in [4.78, 5) is 16.8.